The Morgan fingerprint density at radius 1 is 1.48 bits per heavy atom. The second kappa shape index (κ2) is 5.42. The predicted octanol–water partition coefficient (Wildman–Crippen LogP) is 2.16. The molecule has 0 radical (unpaired) electrons. The van der Waals surface area contributed by atoms with Gasteiger partial charge in [-0.1, -0.05) is 25.5 Å². The highest BCUT2D eigenvalue weighted by Gasteiger charge is 2.50. The van der Waals surface area contributed by atoms with Gasteiger partial charge >= 0.3 is 5.97 Å². The Morgan fingerprint density at radius 3 is 3.13 bits per heavy atom. The van der Waals surface area contributed by atoms with E-state index in [0.717, 1.165) is 24.6 Å². The Kier molecular flexibility index (Phi) is 3.50. The van der Waals surface area contributed by atoms with Crippen molar-refractivity contribution in [1.29, 1.82) is 0 Å². The van der Waals surface area contributed by atoms with Gasteiger partial charge in [0, 0.05) is 19.4 Å². The summed E-state index contributed by atoms with van der Waals surface area (Å²) in [6.07, 6.45) is 7.13. The van der Waals surface area contributed by atoms with Gasteiger partial charge in [-0.3, -0.25) is 4.79 Å². The van der Waals surface area contributed by atoms with Crippen LogP contribution in [-0.4, -0.2) is 32.8 Å². The fourth-order valence-electron chi connectivity index (χ4n) is 4.49. The monoisotopic (exact) mass is 316 g/mol. The zero-order valence-corrected chi connectivity index (χ0v) is 13.9. The van der Waals surface area contributed by atoms with Crippen LogP contribution in [0.2, 0.25) is 0 Å². The Morgan fingerprint density at radius 2 is 2.35 bits per heavy atom. The van der Waals surface area contributed by atoms with E-state index < -0.39 is 0 Å². The number of tetrazole rings is 1. The number of allylic oxidation sites excluding steroid dienone is 1. The van der Waals surface area contributed by atoms with Crippen LogP contribution in [0.5, 0.6) is 0 Å². The molecule has 6 heteroatoms. The molecule has 4 aliphatic rings. The topological polar surface area (TPSA) is 69.9 Å². The number of aryl methyl sites for hydroxylation is 1. The lowest BCUT2D eigenvalue weighted by Gasteiger charge is -2.56. The number of hydrogen-bond donors (Lipinski definition) is 0. The van der Waals surface area contributed by atoms with Crippen molar-refractivity contribution in [3.63, 3.8) is 0 Å². The third kappa shape index (κ3) is 2.48. The Balaban J connectivity index is 1.27. The van der Waals surface area contributed by atoms with E-state index in [4.69, 9.17) is 4.74 Å². The molecule has 1 unspecified atom stereocenters. The second-order valence-corrected chi connectivity index (χ2v) is 7.75. The highest BCUT2D eigenvalue weighted by atomic mass is 16.5. The molecule has 124 valence electrons. The van der Waals surface area contributed by atoms with Gasteiger partial charge in [-0.05, 0) is 46.9 Å². The molecule has 3 atom stereocenters. The normalized spacial score (nSPS) is 30.9. The van der Waals surface area contributed by atoms with Crippen LogP contribution in [0.15, 0.2) is 11.6 Å². The van der Waals surface area contributed by atoms with Crippen LogP contribution in [0.4, 0.5) is 0 Å². The first-order valence-corrected chi connectivity index (χ1v) is 8.66. The van der Waals surface area contributed by atoms with Crippen LogP contribution < -0.4 is 0 Å². The predicted molar refractivity (Wildman–Crippen MR) is 83.3 cm³/mol. The van der Waals surface area contributed by atoms with Gasteiger partial charge in [-0.2, -0.15) is 0 Å². The zero-order chi connectivity index (χ0) is 16.0. The van der Waals surface area contributed by atoms with Crippen molar-refractivity contribution in [2.24, 2.45) is 23.2 Å². The fourth-order valence-corrected chi connectivity index (χ4v) is 4.49. The number of aromatic nitrogens is 4. The number of nitrogens with zero attached hydrogens (tertiary/aromatic N) is 4. The van der Waals surface area contributed by atoms with Gasteiger partial charge in [0.25, 0.3) is 0 Å². The van der Waals surface area contributed by atoms with Crippen molar-refractivity contribution in [3.05, 3.63) is 17.5 Å². The molecular weight excluding hydrogens is 292 g/mol. The standard InChI is InChI=1S/C17H24N4O2/c1-17(2)13-4-3-11(14(17)10-13)6-8-23-16(22)12-5-7-21-15(9-12)18-19-20-21/h3,12-14H,4-10H2,1-2H3/t12?,13-,14-/m0/s1. The van der Waals surface area contributed by atoms with Gasteiger partial charge in [0.2, 0.25) is 0 Å². The van der Waals surface area contributed by atoms with Crippen LogP contribution in [0.25, 0.3) is 0 Å². The van der Waals surface area contributed by atoms with Crippen LogP contribution in [0, 0.1) is 23.2 Å². The van der Waals surface area contributed by atoms with Crippen molar-refractivity contribution in [1.82, 2.24) is 20.2 Å². The first-order chi connectivity index (χ1) is 11.1. The minimum absolute atomic E-state index is 0.0959. The van der Waals surface area contributed by atoms with E-state index in [1.807, 2.05) is 0 Å². The summed E-state index contributed by atoms with van der Waals surface area (Å²) in [5, 5.41) is 11.5. The van der Waals surface area contributed by atoms with E-state index in [1.54, 1.807) is 4.68 Å². The Bertz CT molecular complexity index is 649. The highest BCUT2D eigenvalue weighted by Crippen LogP contribution is 2.59. The van der Waals surface area contributed by atoms with Crippen molar-refractivity contribution in [3.8, 4) is 0 Å². The first kappa shape index (κ1) is 14.8. The van der Waals surface area contributed by atoms with Gasteiger partial charge in [-0.25, -0.2) is 4.68 Å². The van der Waals surface area contributed by atoms with Crippen LogP contribution in [0.3, 0.4) is 0 Å². The molecule has 1 aromatic rings. The quantitative estimate of drug-likeness (QED) is 0.629. The minimum Gasteiger partial charge on any atom is -0.465 e. The fraction of sp³-hybridized carbons (Fsp3) is 0.765. The summed E-state index contributed by atoms with van der Waals surface area (Å²) in [7, 11) is 0. The zero-order valence-electron chi connectivity index (χ0n) is 13.9. The third-order valence-electron chi connectivity index (χ3n) is 6.28. The summed E-state index contributed by atoms with van der Waals surface area (Å²) in [6.45, 7) is 5.95. The third-order valence-corrected chi connectivity index (χ3v) is 6.28. The van der Waals surface area contributed by atoms with Gasteiger partial charge < -0.3 is 4.74 Å². The maximum Gasteiger partial charge on any atom is 0.309 e. The number of ether oxygens (including phenoxy) is 1. The molecule has 0 N–H and O–H groups in total. The molecule has 3 aliphatic carbocycles. The highest BCUT2D eigenvalue weighted by molar-refractivity contribution is 5.72. The average Bonchev–Trinajstić information content (AvgIpc) is 3.02. The van der Waals surface area contributed by atoms with E-state index in [1.165, 1.54) is 18.4 Å². The lowest BCUT2D eigenvalue weighted by molar-refractivity contribution is -0.149. The molecule has 1 aliphatic heterocycles. The molecule has 0 saturated heterocycles. The average molecular weight is 316 g/mol. The summed E-state index contributed by atoms with van der Waals surface area (Å²) in [5.41, 5.74) is 1.94. The van der Waals surface area contributed by atoms with E-state index in [2.05, 4.69) is 35.4 Å². The van der Waals surface area contributed by atoms with Crippen molar-refractivity contribution < 1.29 is 9.53 Å². The van der Waals surface area contributed by atoms with E-state index in [0.29, 0.717) is 30.9 Å². The summed E-state index contributed by atoms with van der Waals surface area (Å²) in [4.78, 5) is 12.3. The smallest absolute Gasteiger partial charge is 0.309 e. The molecule has 0 amide bonds. The number of hydrogen-bond acceptors (Lipinski definition) is 5. The summed E-state index contributed by atoms with van der Waals surface area (Å²) < 4.78 is 7.32. The number of carbonyl (C=O) groups is 1. The number of fused-ring (bicyclic) bond motifs is 2. The first-order valence-electron chi connectivity index (χ1n) is 8.66. The van der Waals surface area contributed by atoms with E-state index in [-0.39, 0.29) is 11.9 Å². The van der Waals surface area contributed by atoms with Gasteiger partial charge in [0.05, 0.1) is 12.5 Å². The molecule has 1 saturated carbocycles. The molecule has 2 bridgehead atoms. The largest absolute Gasteiger partial charge is 0.465 e. The number of esters is 1. The molecule has 0 spiro atoms. The van der Waals surface area contributed by atoms with E-state index in [9.17, 15) is 4.79 Å². The van der Waals surface area contributed by atoms with Crippen LogP contribution in [0.1, 0.15) is 45.4 Å². The number of carbonyl (C=O) groups excluding carboxylic acids is 1. The van der Waals surface area contributed by atoms with Crippen molar-refractivity contribution >= 4 is 5.97 Å². The van der Waals surface area contributed by atoms with Crippen LogP contribution >= 0.6 is 0 Å². The minimum atomic E-state index is -0.0987. The molecule has 0 aromatic carbocycles. The lowest BCUT2D eigenvalue weighted by Crippen LogP contribution is -2.48. The summed E-state index contributed by atoms with van der Waals surface area (Å²) in [5.74, 6) is 2.14. The lowest BCUT2D eigenvalue weighted by atomic mass is 9.48. The van der Waals surface area contributed by atoms with Crippen LogP contribution in [-0.2, 0) is 22.5 Å². The molecule has 1 aromatic heterocycles. The van der Waals surface area contributed by atoms with E-state index >= 15 is 0 Å². The molecular formula is C17H24N4O2. The molecule has 2 heterocycles. The SMILES string of the molecule is CC1(C)[C@H]2CC=C(CCOC(=O)C3CCn4nnnc4C3)[C@@H]1C2. The number of rotatable bonds is 4. The molecule has 1 fully saturated rings. The van der Waals surface area contributed by atoms with Gasteiger partial charge in [0.15, 0.2) is 5.82 Å². The maximum atomic E-state index is 12.3. The van der Waals surface area contributed by atoms with Crippen molar-refractivity contribution in [2.75, 3.05) is 6.61 Å². The van der Waals surface area contributed by atoms with Gasteiger partial charge in [0.1, 0.15) is 0 Å². The Labute approximate surface area is 136 Å². The summed E-state index contributed by atoms with van der Waals surface area (Å²) in [6, 6.07) is 0. The Hall–Kier alpha value is -1.72. The molecule has 5 rings (SSSR count). The maximum absolute atomic E-state index is 12.3. The van der Waals surface area contributed by atoms with Crippen molar-refractivity contribution in [2.45, 2.75) is 52.5 Å². The second-order valence-electron chi connectivity index (χ2n) is 7.75. The molecule has 6 nitrogen and oxygen atoms in total. The summed E-state index contributed by atoms with van der Waals surface area (Å²) >= 11 is 0. The van der Waals surface area contributed by atoms with Gasteiger partial charge in [-0.15, -0.1) is 5.10 Å². The molecule has 23 heavy (non-hydrogen) atoms.